The van der Waals surface area contributed by atoms with Crippen LogP contribution in [0, 0.1) is 11.7 Å². The van der Waals surface area contributed by atoms with Crippen molar-refractivity contribution >= 4 is 0 Å². The van der Waals surface area contributed by atoms with Crippen molar-refractivity contribution in [2.75, 3.05) is 13.1 Å². The molecule has 3 heteroatoms. The zero-order chi connectivity index (χ0) is 12.8. The summed E-state index contributed by atoms with van der Waals surface area (Å²) in [6.07, 6.45) is 0. The average Bonchev–Trinajstić information content (AvgIpc) is 2.28. The number of rotatable bonds is 6. The van der Waals surface area contributed by atoms with Gasteiger partial charge in [0, 0.05) is 19.6 Å². The summed E-state index contributed by atoms with van der Waals surface area (Å²) in [5.74, 6) is 0.433. The van der Waals surface area contributed by atoms with E-state index in [1.165, 1.54) is 6.07 Å². The first-order chi connectivity index (χ1) is 8.06. The standard InChI is InChI=1S/C14H23FN2/c1-4-17(9-11(2)3)10-13-7-14(15)6-5-12(13)8-16/h5-7,11H,4,8-10,16H2,1-3H3. The molecule has 1 rings (SSSR count). The van der Waals surface area contributed by atoms with Crippen molar-refractivity contribution in [3.05, 3.63) is 35.1 Å². The molecule has 0 aliphatic rings. The second-order valence-electron chi connectivity index (χ2n) is 4.84. The van der Waals surface area contributed by atoms with E-state index in [1.807, 2.05) is 0 Å². The summed E-state index contributed by atoms with van der Waals surface area (Å²) >= 11 is 0. The van der Waals surface area contributed by atoms with E-state index < -0.39 is 0 Å². The molecule has 0 heterocycles. The topological polar surface area (TPSA) is 29.3 Å². The fourth-order valence-corrected chi connectivity index (χ4v) is 2.00. The molecule has 17 heavy (non-hydrogen) atoms. The van der Waals surface area contributed by atoms with Gasteiger partial charge in [-0.1, -0.05) is 26.8 Å². The quantitative estimate of drug-likeness (QED) is 0.825. The van der Waals surface area contributed by atoms with Crippen molar-refractivity contribution in [1.29, 1.82) is 0 Å². The fraction of sp³-hybridized carbons (Fsp3) is 0.571. The highest BCUT2D eigenvalue weighted by Crippen LogP contribution is 2.14. The van der Waals surface area contributed by atoms with Crippen molar-refractivity contribution in [2.24, 2.45) is 11.7 Å². The molecule has 0 amide bonds. The van der Waals surface area contributed by atoms with Gasteiger partial charge in [-0.05, 0) is 35.7 Å². The average molecular weight is 238 g/mol. The highest BCUT2D eigenvalue weighted by Gasteiger charge is 2.09. The predicted molar refractivity (Wildman–Crippen MR) is 70.1 cm³/mol. The Bertz CT molecular complexity index is 350. The van der Waals surface area contributed by atoms with Gasteiger partial charge in [0.25, 0.3) is 0 Å². The predicted octanol–water partition coefficient (Wildman–Crippen LogP) is 2.76. The lowest BCUT2D eigenvalue weighted by Gasteiger charge is -2.23. The number of hydrogen-bond donors (Lipinski definition) is 1. The second-order valence-corrected chi connectivity index (χ2v) is 4.84. The van der Waals surface area contributed by atoms with E-state index in [0.717, 1.165) is 30.8 Å². The van der Waals surface area contributed by atoms with Crippen LogP contribution in [0.15, 0.2) is 18.2 Å². The molecule has 96 valence electrons. The van der Waals surface area contributed by atoms with Crippen LogP contribution in [-0.4, -0.2) is 18.0 Å². The van der Waals surface area contributed by atoms with Crippen LogP contribution in [-0.2, 0) is 13.1 Å². The lowest BCUT2D eigenvalue weighted by atomic mass is 10.1. The van der Waals surface area contributed by atoms with Crippen molar-refractivity contribution in [1.82, 2.24) is 4.90 Å². The van der Waals surface area contributed by atoms with E-state index >= 15 is 0 Å². The summed E-state index contributed by atoms with van der Waals surface area (Å²) in [5, 5.41) is 0. The molecule has 0 unspecified atom stereocenters. The van der Waals surface area contributed by atoms with Crippen molar-refractivity contribution in [3.8, 4) is 0 Å². The summed E-state index contributed by atoms with van der Waals surface area (Å²) in [7, 11) is 0. The Morgan fingerprint density at radius 2 is 2.00 bits per heavy atom. The van der Waals surface area contributed by atoms with Gasteiger partial charge in [0.15, 0.2) is 0 Å². The van der Waals surface area contributed by atoms with Gasteiger partial charge in [0.2, 0.25) is 0 Å². The van der Waals surface area contributed by atoms with Crippen LogP contribution in [0.3, 0.4) is 0 Å². The normalized spacial score (nSPS) is 11.5. The Morgan fingerprint density at radius 1 is 1.29 bits per heavy atom. The minimum atomic E-state index is -0.183. The molecule has 0 atom stereocenters. The summed E-state index contributed by atoms with van der Waals surface area (Å²) in [6.45, 7) is 9.75. The van der Waals surface area contributed by atoms with Gasteiger partial charge < -0.3 is 5.73 Å². The molecule has 0 aliphatic heterocycles. The molecule has 0 radical (unpaired) electrons. The minimum Gasteiger partial charge on any atom is -0.326 e. The first kappa shape index (κ1) is 14.1. The zero-order valence-electron chi connectivity index (χ0n) is 11.0. The van der Waals surface area contributed by atoms with Gasteiger partial charge in [0.05, 0.1) is 0 Å². The van der Waals surface area contributed by atoms with E-state index in [-0.39, 0.29) is 5.82 Å². The molecule has 0 fully saturated rings. The molecule has 0 aliphatic carbocycles. The summed E-state index contributed by atoms with van der Waals surface area (Å²) < 4.78 is 13.2. The van der Waals surface area contributed by atoms with E-state index in [1.54, 1.807) is 12.1 Å². The third-order valence-electron chi connectivity index (χ3n) is 2.85. The summed E-state index contributed by atoms with van der Waals surface area (Å²) in [6, 6.07) is 4.86. The lowest BCUT2D eigenvalue weighted by molar-refractivity contribution is 0.247. The number of halogens is 1. The Hall–Kier alpha value is -0.930. The van der Waals surface area contributed by atoms with Gasteiger partial charge in [-0.15, -0.1) is 0 Å². The molecule has 2 nitrogen and oxygen atoms in total. The first-order valence-electron chi connectivity index (χ1n) is 6.26. The first-order valence-corrected chi connectivity index (χ1v) is 6.26. The minimum absolute atomic E-state index is 0.183. The van der Waals surface area contributed by atoms with Crippen LogP contribution >= 0.6 is 0 Å². The van der Waals surface area contributed by atoms with E-state index in [9.17, 15) is 4.39 Å². The Kier molecular flexibility index (Phi) is 5.59. The van der Waals surface area contributed by atoms with Crippen LogP contribution in [0.1, 0.15) is 31.9 Å². The van der Waals surface area contributed by atoms with Gasteiger partial charge >= 0.3 is 0 Å². The van der Waals surface area contributed by atoms with Crippen molar-refractivity contribution in [3.63, 3.8) is 0 Å². The molecule has 0 bridgehead atoms. The molecule has 2 N–H and O–H groups in total. The van der Waals surface area contributed by atoms with E-state index in [2.05, 4.69) is 25.7 Å². The van der Waals surface area contributed by atoms with E-state index in [0.29, 0.717) is 12.5 Å². The SMILES string of the molecule is CCN(Cc1cc(F)ccc1CN)CC(C)C. The number of hydrogen-bond acceptors (Lipinski definition) is 2. The Morgan fingerprint density at radius 3 is 2.53 bits per heavy atom. The third-order valence-corrected chi connectivity index (χ3v) is 2.85. The van der Waals surface area contributed by atoms with Crippen molar-refractivity contribution in [2.45, 2.75) is 33.9 Å². The molecule has 0 spiro atoms. The maximum atomic E-state index is 13.2. The molecule has 0 saturated heterocycles. The maximum absolute atomic E-state index is 13.2. The van der Waals surface area contributed by atoms with Crippen LogP contribution in [0.25, 0.3) is 0 Å². The zero-order valence-corrected chi connectivity index (χ0v) is 11.0. The maximum Gasteiger partial charge on any atom is 0.123 e. The monoisotopic (exact) mass is 238 g/mol. The van der Waals surface area contributed by atoms with E-state index in [4.69, 9.17) is 5.73 Å². The van der Waals surface area contributed by atoms with Crippen LogP contribution in [0.2, 0.25) is 0 Å². The van der Waals surface area contributed by atoms with Crippen LogP contribution < -0.4 is 5.73 Å². The molecule has 0 saturated carbocycles. The van der Waals surface area contributed by atoms with Crippen molar-refractivity contribution < 1.29 is 4.39 Å². The molecular formula is C14H23FN2. The van der Waals surface area contributed by atoms with Crippen LogP contribution in [0.4, 0.5) is 4.39 Å². The number of benzene rings is 1. The lowest BCUT2D eigenvalue weighted by Crippen LogP contribution is -2.27. The molecular weight excluding hydrogens is 215 g/mol. The molecule has 1 aromatic carbocycles. The Labute approximate surface area is 104 Å². The molecule has 1 aromatic rings. The highest BCUT2D eigenvalue weighted by molar-refractivity contribution is 5.27. The Balaban J connectivity index is 2.80. The smallest absolute Gasteiger partial charge is 0.123 e. The second kappa shape index (κ2) is 6.72. The summed E-state index contributed by atoms with van der Waals surface area (Å²) in [4.78, 5) is 2.32. The number of nitrogens with zero attached hydrogens (tertiary/aromatic N) is 1. The molecule has 0 aromatic heterocycles. The van der Waals surface area contributed by atoms with Gasteiger partial charge in [-0.3, -0.25) is 4.90 Å². The largest absolute Gasteiger partial charge is 0.326 e. The van der Waals surface area contributed by atoms with Gasteiger partial charge in [-0.25, -0.2) is 4.39 Å². The highest BCUT2D eigenvalue weighted by atomic mass is 19.1. The van der Waals surface area contributed by atoms with Gasteiger partial charge in [-0.2, -0.15) is 0 Å². The fourth-order valence-electron chi connectivity index (χ4n) is 2.00. The summed E-state index contributed by atoms with van der Waals surface area (Å²) in [5.41, 5.74) is 7.72. The number of nitrogens with two attached hydrogens (primary N) is 1. The third kappa shape index (κ3) is 4.44. The van der Waals surface area contributed by atoms with Crippen LogP contribution in [0.5, 0.6) is 0 Å². The van der Waals surface area contributed by atoms with Gasteiger partial charge in [0.1, 0.15) is 5.82 Å².